The van der Waals surface area contributed by atoms with E-state index < -0.39 is 21.8 Å². The van der Waals surface area contributed by atoms with Crippen LogP contribution in [0.1, 0.15) is 119 Å². The molecule has 0 N–H and O–H groups in total. The molecule has 0 fully saturated rings. The number of nitro groups is 2. The molecule has 0 aliphatic rings. The van der Waals surface area contributed by atoms with Gasteiger partial charge in [-0.15, -0.1) is 0 Å². The van der Waals surface area contributed by atoms with Crippen LogP contribution in [0.25, 0.3) is 0 Å². The van der Waals surface area contributed by atoms with Crippen LogP contribution >= 0.6 is 0 Å². The van der Waals surface area contributed by atoms with Crippen molar-refractivity contribution in [3.63, 3.8) is 0 Å². The fourth-order valence-electron chi connectivity index (χ4n) is 4.14. The third-order valence-electron chi connectivity index (χ3n) is 6.35. The number of hydrogen-bond donors (Lipinski definition) is 0. The van der Waals surface area contributed by atoms with Gasteiger partial charge in [0.15, 0.2) is 0 Å². The second kappa shape index (κ2) is 12.6. The van der Waals surface area contributed by atoms with Gasteiger partial charge in [0.25, 0.3) is 5.69 Å². The molecule has 10 heteroatoms. The van der Waals surface area contributed by atoms with Crippen LogP contribution in [0, 0.1) is 20.2 Å². The van der Waals surface area contributed by atoms with Gasteiger partial charge in [-0.1, -0.05) is 89.2 Å². The summed E-state index contributed by atoms with van der Waals surface area (Å²) in [5.74, 6) is -0.742. The highest BCUT2D eigenvalue weighted by molar-refractivity contribution is 5.73. The average Bonchev–Trinajstić information content (AvgIpc) is 2.75. The van der Waals surface area contributed by atoms with Crippen molar-refractivity contribution in [1.29, 1.82) is 0 Å². The summed E-state index contributed by atoms with van der Waals surface area (Å²) in [7, 11) is 0. The first-order chi connectivity index (χ1) is 18.7. The van der Waals surface area contributed by atoms with Crippen LogP contribution in [0.5, 0.6) is 11.5 Å². The number of benzene rings is 2. The van der Waals surface area contributed by atoms with E-state index in [4.69, 9.17) is 9.47 Å². The molecule has 0 atom stereocenters. The molecule has 2 aromatic carbocycles. The Labute approximate surface area is 249 Å². The number of esters is 2. The summed E-state index contributed by atoms with van der Waals surface area (Å²) in [5.41, 5.74) is 1.45. The molecule has 0 aromatic heterocycles. The fraction of sp³-hybridized carbons (Fsp3) is 0.562. The summed E-state index contributed by atoms with van der Waals surface area (Å²) in [6.07, 6.45) is 0. The number of nitrogens with zero attached hydrogens (tertiary/aromatic N) is 2. The Balaban J connectivity index is 0.000000420. The monoisotopic (exact) mass is 586 g/mol. The van der Waals surface area contributed by atoms with Crippen molar-refractivity contribution < 1.29 is 28.9 Å². The number of carbonyl (C=O) groups is 2. The topological polar surface area (TPSA) is 139 Å². The lowest BCUT2D eigenvalue weighted by Gasteiger charge is -2.26. The summed E-state index contributed by atoms with van der Waals surface area (Å²) >= 11 is 0. The second-order valence-corrected chi connectivity index (χ2v) is 14.4. The fourth-order valence-corrected chi connectivity index (χ4v) is 4.14. The SMILES string of the molecule is CC(=O)Oc1c([N+](=O)[O-])cc(C(C)(C)C)cc1C(C)(C)C.CC(=O)Oc1cc([N+](=O)[O-])c(C(C)(C)C)cc1C(C)(C)C. The van der Waals surface area contributed by atoms with E-state index in [0.29, 0.717) is 11.1 Å². The highest BCUT2D eigenvalue weighted by Crippen LogP contribution is 2.43. The molecule has 0 radical (unpaired) electrons. The van der Waals surface area contributed by atoms with Crippen molar-refractivity contribution in [2.75, 3.05) is 0 Å². The quantitative estimate of drug-likeness (QED) is 0.151. The van der Waals surface area contributed by atoms with Gasteiger partial charge in [-0.05, 0) is 33.3 Å². The molecule has 0 saturated heterocycles. The highest BCUT2D eigenvalue weighted by Gasteiger charge is 2.32. The van der Waals surface area contributed by atoms with Gasteiger partial charge in [-0.2, -0.15) is 0 Å². The van der Waals surface area contributed by atoms with E-state index in [2.05, 4.69) is 0 Å². The summed E-state index contributed by atoms with van der Waals surface area (Å²) < 4.78 is 10.3. The Kier molecular flexibility index (Phi) is 10.9. The van der Waals surface area contributed by atoms with Gasteiger partial charge in [0, 0.05) is 36.6 Å². The van der Waals surface area contributed by atoms with Gasteiger partial charge in [0.2, 0.25) is 5.75 Å². The van der Waals surface area contributed by atoms with E-state index >= 15 is 0 Å². The van der Waals surface area contributed by atoms with Gasteiger partial charge in [0.1, 0.15) is 5.75 Å². The molecule has 0 amide bonds. The molecule has 0 aliphatic carbocycles. The highest BCUT2D eigenvalue weighted by atomic mass is 16.6. The van der Waals surface area contributed by atoms with E-state index in [1.54, 1.807) is 6.07 Å². The lowest BCUT2D eigenvalue weighted by molar-refractivity contribution is -0.386. The molecule has 0 spiro atoms. The molecule has 0 aliphatic heterocycles. The van der Waals surface area contributed by atoms with Crippen LogP contribution in [0.2, 0.25) is 0 Å². The smallest absolute Gasteiger partial charge is 0.312 e. The van der Waals surface area contributed by atoms with E-state index in [9.17, 15) is 29.8 Å². The molecule has 0 bridgehead atoms. The Morgan fingerprint density at radius 3 is 1.33 bits per heavy atom. The minimum absolute atomic E-state index is 0.0215. The standard InChI is InChI=1S/2C16H23NO4/c1-10(18)21-14-9-13(17(19)20)11(15(2,3)4)8-12(14)16(5,6)7;1-10(18)21-14-12(16(5,6)7)8-11(15(2,3)4)9-13(14)17(19)20/h2*8-9H,1-7H3. The van der Waals surface area contributed by atoms with Gasteiger partial charge in [-0.25, -0.2) is 0 Å². The Hall–Kier alpha value is -3.82. The zero-order chi connectivity index (χ0) is 33.2. The zero-order valence-electron chi connectivity index (χ0n) is 27.5. The second-order valence-electron chi connectivity index (χ2n) is 14.4. The van der Waals surface area contributed by atoms with Gasteiger partial charge in [-0.3, -0.25) is 29.8 Å². The van der Waals surface area contributed by atoms with Gasteiger partial charge < -0.3 is 9.47 Å². The Bertz CT molecular complexity index is 1370. The lowest BCUT2D eigenvalue weighted by Crippen LogP contribution is -2.20. The first-order valence-corrected chi connectivity index (χ1v) is 13.7. The molecule has 0 heterocycles. The van der Waals surface area contributed by atoms with Crippen molar-refractivity contribution >= 4 is 23.3 Å². The molecular weight excluding hydrogens is 540 g/mol. The van der Waals surface area contributed by atoms with Crippen molar-refractivity contribution in [2.45, 2.75) is 119 Å². The molecular formula is C32H46N2O8. The van der Waals surface area contributed by atoms with Crippen LogP contribution in [0.15, 0.2) is 24.3 Å². The van der Waals surface area contributed by atoms with E-state index in [1.807, 2.05) is 89.2 Å². The maximum Gasteiger partial charge on any atom is 0.312 e. The van der Waals surface area contributed by atoms with E-state index in [1.165, 1.54) is 26.0 Å². The number of hydrogen-bond acceptors (Lipinski definition) is 8. The molecule has 0 saturated carbocycles. The van der Waals surface area contributed by atoms with Crippen LogP contribution in [-0.2, 0) is 31.2 Å². The minimum Gasteiger partial charge on any atom is -0.426 e. The Morgan fingerprint density at radius 2 is 1.00 bits per heavy atom. The molecule has 2 aromatic rings. The lowest BCUT2D eigenvalue weighted by atomic mass is 9.79. The molecule has 42 heavy (non-hydrogen) atoms. The van der Waals surface area contributed by atoms with Crippen molar-refractivity contribution in [1.82, 2.24) is 0 Å². The van der Waals surface area contributed by atoms with Crippen LogP contribution < -0.4 is 9.47 Å². The third kappa shape index (κ3) is 9.63. The summed E-state index contributed by atoms with van der Waals surface area (Å²) in [5, 5.41) is 22.7. The Morgan fingerprint density at radius 1 is 0.571 bits per heavy atom. The van der Waals surface area contributed by atoms with Crippen LogP contribution in [0.3, 0.4) is 0 Å². The summed E-state index contributed by atoms with van der Waals surface area (Å²) in [6, 6.07) is 6.54. The normalized spacial score (nSPS) is 12.1. The number of rotatable bonds is 4. The molecule has 232 valence electrons. The average molecular weight is 587 g/mol. The van der Waals surface area contributed by atoms with Gasteiger partial charge in [0.05, 0.1) is 15.9 Å². The largest absolute Gasteiger partial charge is 0.426 e. The maximum absolute atomic E-state index is 11.4. The van der Waals surface area contributed by atoms with Crippen LogP contribution in [0.4, 0.5) is 11.4 Å². The van der Waals surface area contributed by atoms with E-state index in [-0.39, 0.29) is 44.5 Å². The van der Waals surface area contributed by atoms with Gasteiger partial charge >= 0.3 is 17.6 Å². The predicted octanol–water partition coefficient (Wildman–Crippen LogP) is 8.23. The first kappa shape index (κ1) is 36.2. The maximum atomic E-state index is 11.4. The molecule has 0 unspecified atom stereocenters. The van der Waals surface area contributed by atoms with Crippen molar-refractivity contribution in [3.8, 4) is 11.5 Å². The summed E-state index contributed by atoms with van der Waals surface area (Å²) in [6.45, 7) is 26.0. The zero-order valence-corrected chi connectivity index (χ0v) is 27.5. The van der Waals surface area contributed by atoms with Crippen molar-refractivity contribution in [2.24, 2.45) is 0 Å². The first-order valence-electron chi connectivity index (χ1n) is 13.7. The van der Waals surface area contributed by atoms with Crippen LogP contribution in [-0.4, -0.2) is 21.8 Å². The molecule has 10 nitrogen and oxygen atoms in total. The summed E-state index contributed by atoms with van der Waals surface area (Å²) in [4.78, 5) is 44.3. The minimum atomic E-state index is -0.563. The molecule has 2 rings (SSSR count). The number of carbonyl (C=O) groups excluding carboxylic acids is 2. The third-order valence-corrected chi connectivity index (χ3v) is 6.35. The number of nitro benzene ring substituents is 2. The number of ether oxygens (including phenoxy) is 2. The van der Waals surface area contributed by atoms with Crippen molar-refractivity contribution in [3.05, 3.63) is 66.7 Å². The predicted molar refractivity (Wildman–Crippen MR) is 164 cm³/mol. The van der Waals surface area contributed by atoms with E-state index in [0.717, 1.165) is 11.1 Å².